The number of rotatable bonds is 5. The lowest BCUT2D eigenvalue weighted by molar-refractivity contribution is 0.321. The number of para-hydroxylation sites is 1. The van der Waals surface area contributed by atoms with E-state index in [1.54, 1.807) is 16.8 Å². The van der Waals surface area contributed by atoms with Crippen molar-refractivity contribution in [3.63, 3.8) is 0 Å². The molecule has 0 unspecified atom stereocenters. The van der Waals surface area contributed by atoms with Crippen LogP contribution >= 0.6 is 0 Å². The van der Waals surface area contributed by atoms with Gasteiger partial charge in [0.05, 0.1) is 18.0 Å². The predicted molar refractivity (Wildman–Crippen MR) is 88.0 cm³/mol. The molecule has 1 aromatic heterocycles. The summed E-state index contributed by atoms with van der Waals surface area (Å²) in [6, 6.07) is 14.6. The third kappa shape index (κ3) is 3.10. The van der Waals surface area contributed by atoms with Crippen molar-refractivity contribution in [2.45, 2.75) is 13.5 Å². The molecule has 0 spiro atoms. The van der Waals surface area contributed by atoms with E-state index in [0.29, 0.717) is 24.4 Å². The average molecular weight is 311 g/mol. The van der Waals surface area contributed by atoms with Crippen LogP contribution in [0.25, 0.3) is 16.9 Å². The second-order valence-electron chi connectivity index (χ2n) is 5.07. The Bertz CT molecular complexity index is 799. The molecule has 4 nitrogen and oxygen atoms in total. The summed E-state index contributed by atoms with van der Waals surface area (Å²) < 4.78 is 21.1. The van der Waals surface area contributed by atoms with E-state index >= 15 is 0 Å². The van der Waals surface area contributed by atoms with Gasteiger partial charge in [-0.1, -0.05) is 18.2 Å². The van der Waals surface area contributed by atoms with E-state index in [9.17, 15) is 4.39 Å². The molecule has 0 saturated heterocycles. The summed E-state index contributed by atoms with van der Waals surface area (Å²) >= 11 is 0. The van der Waals surface area contributed by atoms with Gasteiger partial charge in [0.1, 0.15) is 0 Å². The molecule has 2 aromatic carbocycles. The van der Waals surface area contributed by atoms with Gasteiger partial charge >= 0.3 is 0 Å². The average Bonchev–Trinajstić information content (AvgIpc) is 3.02. The monoisotopic (exact) mass is 311 g/mol. The van der Waals surface area contributed by atoms with Crippen LogP contribution in [0.2, 0.25) is 0 Å². The Morgan fingerprint density at radius 1 is 1.17 bits per heavy atom. The first-order chi connectivity index (χ1) is 11.2. The van der Waals surface area contributed by atoms with Crippen LogP contribution < -0.4 is 10.5 Å². The predicted octanol–water partition coefficient (Wildman–Crippen LogP) is 3.54. The normalized spacial score (nSPS) is 10.7. The highest BCUT2D eigenvalue weighted by Gasteiger charge is 2.13. The maximum atomic E-state index is 14.1. The van der Waals surface area contributed by atoms with Crippen LogP contribution in [0, 0.1) is 5.82 Å². The number of aromatic nitrogens is 2. The Kier molecular flexibility index (Phi) is 4.39. The van der Waals surface area contributed by atoms with Gasteiger partial charge in [0.15, 0.2) is 11.6 Å². The standard InChI is InChI=1S/C18H18FN3O/c1-2-23-17-9-8-13(10-16(17)19)18-14(11-20)12-22(21-18)15-6-4-3-5-7-15/h3-10,12H,2,11,20H2,1H3. The molecule has 0 aliphatic rings. The summed E-state index contributed by atoms with van der Waals surface area (Å²) in [7, 11) is 0. The fourth-order valence-corrected chi connectivity index (χ4v) is 2.44. The lowest BCUT2D eigenvalue weighted by Gasteiger charge is -2.06. The van der Waals surface area contributed by atoms with Crippen LogP contribution in [0.5, 0.6) is 5.75 Å². The zero-order valence-electron chi connectivity index (χ0n) is 12.9. The quantitative estimate of drug-likeness (QED) is 0.784. The molecule has 2 N–H and O–H groups in total. The van der Waals surface area contributed by atoms with Gasteiger partial charge in [-0.2, -0.15) is 5.10 Å². The molecule has 23 heavy (non-hydrogen) atoms. The summed E-state index contributed by atoms with van der Waals surface area (Å²) in [5.74, 6) is -0.158. The zero-order chi connectivity index (χ0) is 16.2. The van der Waals surface area contributed by atoms with Crippen LogP contribution in [-0.2, 0) is 6.54 Å². The first-order valence-corrected chi connectivity index (χ1v) is 7.49. The van der Waals surface area contributed by atoms with Gasteiger partial charge in [-0.05, 0) is 37.3 Å². The van der Waals surface area contributed by atoms with Crippen molar-refractivity contribution < 1.29 is 9.13 Å². The van der Waals surface area contributed by atoms with Crippen LogP contribution in [0.1, 0.15) is 12.5 Å². The van der Waals surface area contributed by atoms with Gasteiger partial charge in [-0.25, -0.2) is 9.07 Å². The highest BCUT2D eigenvalue weighted by molar-refractivity contribution is 5.64. The van der Waals surface area contributed by atoms with Crippen LogP contribution in [0.15, 0.2) is 54.7 Å². The van der Waals surface area contributed by atoms with Crippen LogP contribution in [0.4, 0.5) is 4.39 Å². The number of nitrogens with two attached hydrogens (primary N) is 1. The molecule has 0 radical (unpaired) electrons. The number of benzene rings is 2. The summed E-state index contributed by atoms with van der Waals surface area (Å²) in [5, 5.41) is 4.57. The molecular weight excluding hydrogens is 293 g/mol. The maximum absolute atomic E-state index is 14.1. The van der Waals surface area contributed by atoms with Crippen molar-refractivity contribution >= 4 is 0 Å². The largest absolute Gasteiger partial charge is 0.491 e. The highest BCUT2D eigenvalue weighted by atomic mass is 19.1. The van der Waals surface area contributed by atoms with E-state index in [1.807, 2.05) is 43.5 Å². The molecule has 3 rings (SSSR count). The van der Waals surface area contributed by atoms with Gasteiger partial charge in [-0.3, -0.25) is 0 Å². The van der Waals surface area contributed by atoms with Crippen molar-refractivity contribution in [2.75, 3.05) is 6.61 Å². The third-order valence-electron chi connectivity index (χ3n) is 3.54. The summed E-state index contributed by atoms with van der Waals surface area (Å²) in [4.78, 5) is 0. The van der Waals surface area contributed by atoms with E-state index < -0.39 is 5.82 Å². The Balaban J connectivity index is 2.02. The molecular formula is C18H18FN3O. The van der Waals surface area contributed by atoms with E-state index in [0.717, 1.165) is 11.3 Å². The number of nitrogens with zero attached hydrogens (tertiary/aromatic N) is 2. The molecule has 0 bridgehead atoms. The minimum atomic E-state index is -0.401. The molecule has 0 saturated carbocycles. The minimum Gasteiger partial charge on any atom is -0.491 e. The Hall–Kier alpha value is -2.66. The van der Waals surface area contributed by atoms with E-state index in [1.165, 1.54) is 6.07 Å². The second-order valence-corrected chi connectivity index (χ2v) is 5.07. The smallest absolute Gasteiger partial charge is 0.165 e. The second kappa shape index (κ2) is 6.62. The zero-order valence-corrected chi connectivity index (χ0v) is 12.9. The molecule has 3 aromatic rings. The van der Waals surface area contributed by atoms with Crippen molar-refractivity contribution in [3.05, 3.63) is 66.1 Å². The SMILES string of the molecule is CCOc1ccc(-c2nn(-c3ccccc3)cc2CN)cc1F. The van der Waals surface area contributed by atoms with Gasteiger partial charge in [0, 0.05) is 23.9 Å². The van der Waals surface area contributed by atoms with Crippen molar-refractivity contribution in [2.24, 2.45) is 5.73 Å². The van der Waals surface area contributed by atoms with E-state index in [-0.39, 0.29) is 5.75 Å². The molecule has 1 heterocycles. The van der Waals surface area contributed by atoms with Crippen LogP contribution in [-0.4, -0.2) is 16.4 Å². The molecule has 0 fully saturated rings. The first-order valence-electron chi connectivity index (χ1n) is 7.49. The number of hydrogen-bond acceptors (Lipinski definition) is 3. The molecule has 0 amide bonds. The first kappa shape index (κ1) is 15.2. The molecule has 5 heteroatoms. The molecule has 0 atom stereocenters. The fourth-order valence-electron chi connectivity index (χ4n) is 2.44. The van der Waals surface area contributed by atoms with Crippen molar-refractivity contribution in [1.82, 2.24) is 9.78 Å². The Labute approximate surface area is 134 Å². The molecule has 0 aliphatic heterocycles. The van der Waals surface area contributed by atoms with Gasteiger partial charge in [0.25, 0.3) is 0 Å². The lowest BCUT2D eigenvalue weighted by atomic mass is 10.1. The summed E-state index contributed by atoms with van der Waals surface area (Å²) in [6.45, 7) is 2.57. The van der Waals surface area contributed by atoms with E-state index in [4.69, 9.17) is 10.5 Å². The topological polar surface area (TPSA) is 53.1 Å². The number of halogens is 1. The Morgan fingerprint density at radius 3 is 2.61 bits per heavy atom. The minimum absolute atomic E-state index is 0.244. The maximum Gasteiger partial charge on any atom is 0.165 e. The lowest BCUT2D eigenvalue weighted by Crippen LogP contribution is -1.98. The van der Waals surface area contributed by atoms with Gasteiger partial charge in [-0.15, -0.1) is 0 Å². The fraction of sp³-hybridized carbons (Fsp3) is 0.167. The van der Waals surface area contributed by atoms with E-state index in [2.05, 4.69) is 5.10 Å². The highest BCUT2D eigenvalue weighted by Crippen LogP contribution is 2.28. The van der Waals surface area contributed by atoms with Crippen molar-refractivity contribution in [3.8, 4) is 22.7 Å². The molecule has 118 valence electrons. The Morgan fingerprint density at radius 2 is 1.96 bits per heavy atom. The number of hydrogen-bond donors (Lipinski definition) is 1. The van der Waals surface area contributed by atoms with Crippen LogP contribution in [0.3, 0.4) is 0 Å². The third-order valence-corrected chi connectivity index (χ3v) is 3.54. The van der Waals surface area contributed by atoms with Gasteiger partial charge < -0.3 is 10.5 Å². The van der Waals surface area contributed by atoms with Gasteiger partial charge in [0.2, 0.25) is 0 Å². The summed E-state index contributed by atoms with van der Waals surface area (Å²) in [6.07, 6.45) is 1.87. The van der Waals surface area contributed by atoms with Crippen molar-refractivity contribution in [1.29, 1.82) is 0 Å². The molecule has 0 aliphatic carbocycles. The summed E-state index contributed by atoms with van der Waals surface area (Å²) in [5.41, 5.74) is 8.97. The number of ether oxygens (including phenoxy) is 1.